The second-order valence-electron chi connectivity index (χ2n) is 5.77. The van der Waals surface area contributed by atoms with Crippen LogP contribution in [0, 0.1) is 5.92 Å². The molecule has 0 N–H and O–H groups in total. The van der Waals surface area contributed by atoms with Crippen molar-refractivity contribution >= 4 is 11.6 Å². The molecule has 0 unspecified atom stereocenters. The average Bonchev–Trinajstić information content (AvgIpc) is 3.36. The van der Waals surface area contributed by atoms with Gasteiger partial charge in [-0.25, -0.2) is 4.39 Å². The van der Waals surface area contributed by atoms with Crippen LogP contribution in [0.15, 0.2) is 18.2 Å². The van der Waals surface area contributed by atoms with Crippen LogP contribution < -0.4 is 0 Å². The summed E-state index contributed by atoms with van der Waals surface area (Å²) in [6.45, 7) is -3.26. The van der Waals surface area contributed by atoms with Crippen molar-refractivity contribution in [2.75, 3.05) is 6.67 Å². The van der Waals surface area contributed by atoms with Gasteiger partial charge in [0.2, 0.25) is 0 Å². The maximum absolute atomic E-state index is 12.9. The van der Waals surface area contributed by atoms with E-state index >= 15 is 0 Å². The Morgan fingerprint density at radius 3 is 2.28 bits per heavy atom. The first-order valence-corrected chi connectivity index (χ1v) is 7.37. The molecule has 0 spiro atoms. The van der Waals surface area contributed by atoms with Crippen molar-refractivity contribution in [2.45, 2.75) is 38.2 Å². The highest BCUT2D eigenvalue weighted by atomic mass is 19.4. The van der Waals surface area contributed by atoms with E-state index in [0.29, 0.717) is 25.0 Å². The molecule has 0 radical (unpaired) electrons. The van der Waals surface area contributed by atoms with E-state index in [1.54, 1.807) is 0 Å². The SMILES string of the molecule is O=C(CC(=O)C1CC1)c1ccc(C(F)(F)F)cc1COC(F)(F)CF. The zero-order valence-corrected chi connectivity index (χ0v) is 12.8. The fraction of sp³-hybridized carbons (Fsp3) is 0.500. The van der Waals surface area contributed by atoms with Crippen molar-refractivity contribution in [1.29, 1.82) is 0 Å². The number of carbonyl (C=O) groups is 2. The minimum absolute atomic E-state index is 0.228. The van der Waals surface area contributed by atoms with Gasteiger partial charge in [0.15, 0.2) is 12.5 Å². The molecule has 25 heavy (non-hydrogen) atoms. The van der Waals surface area contributed by atoms with Gasteiger partial charge in [-0.2, -0.15) is 22.0 Å². The number of ketones is 2. The molecule has 1 aliphatic carbocycles. The molecule has 138 valence electrons. The Balaban J connectivity index is 2.26. The van der Waals surface area contributed by atoms with Crippen molar-refractivity contribution in [3.8, 4) is 0 Å². The normalized spacial score (nSPS) is 15.3. The number of ether oxygens (including phenoxy) is 1. The molecule has 0 amide bonds. The van der Waals surface area contributed by atoms with E-state index in [2.05, 4.69) is 4.74 Å². The largest absolute Gasteiger partial charge is 0.416 e. The maximum atomic E-state index is 12.9. The van der Waals surface area contributed by atoms with Crippen LogP contribution in [0.1, 0.15) is 40.7 Å². The third-order valence-corrected chi connectivity index (χ3v) is 3.69. The first-order valence-electron chi connectivity index (χ1n) is 7.37. The van der Waals surface area contributed by atoms with Crippen LogP contribution >= 0.6 is 0 Å². The monoisotopic (exact) mass is 368 g/mol. The van der Waals surface area contributed by atoms with Gasteiger partial charge in [-0.05, 0) is 30.5 Å². The summed E-state index contributed by atoms with van der Waals surface area (Å²) in [5.41, 5.74) is -1.96. The van der Waals surface area contributed by atoms with Crippen molar-refractivity contribution in [2.24, 2.45) is 5.92 Å². The Morgan fingerprint density at radius 2 is 1.76 bits per heavy atom. The number of hydrogen-bond acceptors (Lipinski definition) is 3. The molecule has 9 heteroatoms. The molecule has 1 aromatic rings. The van der Waals surface area contributed by atoms with Crippen LogP contribution in [0.5, 0.6) is 0 Å². The summed E-state index contributed by atoms with van der Waals surface area (Å²) in [4.78, 5) is 23.8. The van der Waals surface area contributed by atoms with E-state index in [1.165, 1.54) is 0 Å². The van der Waals surface area contributed by atoms with Crippen LogP contribution in [0.25, 0.3) is 0 Å². The number of benzene rings is 1. The number of carbonyl (C=O) groups excluding carboxylic acids is 2. The lowest BCUT2D eigenvalue weighted by molar-refractivity contribution is -0.252. The second kappa shape index (κ2) is 7.15. The zero-order chi connectivity index (χ0) is 18.8. The van der Waals surface area contributed by atoms with Crippen molar-refractivity contribution in [3.05, 3.63) is 34.9 Å². The molecule has 0 aromatic heterocycles. The average molecular weight is 368 g/mol. The van der Waals surface area contributed by atoms with Gasteiger partial charge >= 0.3 is 12.3 Å². The molecule has 3 nitrogen and oxygen atoms in total. The Morgan fingerprint density at radius 1 is 1.12 bits per heavy atom. The molecular weight excluding hydrogens is 354 g/mol. The van der Waals surface area contributed by atoms with Gasteiger partial charge < -0.3 is 4.74 Å². The van der Waals surface area contributed by atoms with Gasteiger partial charge in [-0.15, -0.1) is 0 Å². The number of Topliss-reactive ketones (excluding diaryl/α,β-unsaturated/α-hetero) is 2. The highest BCUT2D eigenvalue weighted by Crippen LogP contribution is 2.33. The van der Waals surface area contributed by atoms with Gasteiger partial charge in [0, 0.05) is 11.5 Å². The van der Waals surface area contributed by atoms with E-state index in [1.807, 2.05) is 0 Å². The smallest absolute Gasteiger partial charge is 0.314 e. The summed E-state index contributed by atoms with van der Waals surface area (Å²) < 4.78 is 80.2. The third kappa shape index (κ3) is 5.29. The fourth-order valence-corrected chi connectivity index (χ4v) is 2.19. The maximum Gasteiger partial charge on any atom is 0.416 e. The van der Waals surface area contributed by atoms with Crippen LogP contribution in [0.2, 0.25) is 0 Å². The summed E-state index contributed by atoms with van der Waals surface area (Å²) >= 11 is 0. The third-order valence-electron chi connectivity index (χ3n) is 3.69. The Hall–Kier alpha value is -1.90. The molecule has 0 saturated heterocycles. The van der Waals surface area contributed by atoms with Crippen LogP contribution in [-0.2, 0) is 22.3 Å². The molecule has 0 bridgehead atoms. The first kappa shape index (κ1) is 19.4. The second-order valence-corrected chi connectivity index (χ2v) is 5.77. The topological polar surface area (TPSA) is 43.4 Å². The van der Waals surface area contributed by atoms with Gasteiger partial charge in [-0.1, -0.05) is 6.07 Å². The quantitative estimate of drug-likeness (QED) is 0.390. The first-order chi connectivity index (χ1) is 11.5. The van der Waals surface area contributed by atoms with E-state index in [4.69, 9.17) is 0 Å². The molecule has 0 atom stereocenters. The highest BCUT2D eigenvalue weighted by Gasteiger charge is 2.35. The lowest BCUT2D eigenvalue weighted by Crippen LogP contribution is -2.24. The van der Waals surface area contributed by atoms with Crippen molar-refractivity contribution in [3.63, 3.8) is 0 Å². The number of rotatable bonds is 8. The Bertz CT molecular complexity index is 664. The minimum atomic E-state index is -4.76. The van der Waals surface area contributed by atoms with E-state index in [9.17, 15) is 35.9 Å². The lowest BCUT2D eigenvalue weighted by Gasteiger charge is -2.16. The van der Waals surface area contributed by atoms with Crippen LogP contribution in [0.4, 0.5) is 26.3 Å². The predicted molar refractivity (Wildman–Crippen MR) is 73.8 cm³/mol. The van der Waals surface area contributed by atoms with Crippen LogP contribution in [-0.4, -0.2) is 24.3 Å². The molecule has 1 saturated carbocycles. The molecule has 1 aromatic carbocycles. The van der Waals surface area contributed by atoms with Crippen LogP contribution in [0.3, 0.4) is 0 Å². The minimum Gasteiger partial charge on any atom is -0.314 e. The van der Waals surface area contributed by atoms with Gasteiger partial charge in [-0.3, -0.25) is 9.59 Å². The lowest BCUT2D eigenvalue weighted by atomic mass is 9.97. The summed E-state index contributed by atoms with van der Waals surface area (Å²) in [5.74, 6) is -1.35. The van der Waals surface area contributed by atoms with Gasteiger partial charge in [0.05, 0.1) is 18.6 Å². The zero-order valence-electron chi connectivity index (χ0n) is 12.8. The van der Waals surface area contributed by atoms with E-state index in [0.717, 1.165) is 6.07 Å². The Kier molecular flexibility index (Phi) is 5.55. The predicted octanol–water partition coefficient (Wildman–Crippen LogP) is 4.34. The van der Waals surface area contributed by atoms with E-state index < -0.39 is 48.9 Å². The summed E-state index contributed by atoms with van der Waals surface area (Å²) in [6, 6.07) is 1.92. The summed E-state index contributed by atoms with van der Waals surface area (Å²) in [5, 5.41) is 0. The fourth-order valence-electron chi connectivity index (χ4n) is 2.19. The van der Waals surface area contributed by atoms with E-state index in [-0.39, 0.29) is 17.3 Å². The molecule has 1 aliphatic rings. The molecule has 2 rings (SSSR count). The van der Waals surface area contributed by atoms with Crippen molar-refractivity contribution < 1.29 is 40.7 Å². The van der Waals surface area contributed by atoms with Gasteiger partial charge in [0.1, 0.15) is 5.78 Å². The summed E-state index contributed by atoms with van der Waals surface area (Å²) in [6.07, 6.45) is -8.17. The Labute approximate surface area is 139 Å². The highest BCUT2D eigenvalue weighted by molar-refractivity contribution is 6.09. The standard InChI is InChI=1S/C16H14F6O3/c17-8-15(18,19)25-7-10-5-11(16(20,21)22)3-4-12(10)14(24)6-13(23)9-1-2-9/h3-5,9H,1-2,6-8H2. The number of hydrogen-bond donors (Lipinski definition) is 0. The van der Waals surface area contributed by atoms with Gasteiger partial charge in [0.25, 0.3) is 0 Å². The molecular formula is C16H14F6O3. The molecule has 0 aliphatic heterocycles. The van der Waals surface area contributed by atoms with Crippen molar-refractivity contribution in [1.82, 2.24) is 0 Å². The number of alkyl halides is 6. The number of halogens is 6. The molecule has 0 heterocycles. The summed E-state index contributed by atoms with van der Waals surface area (Å²) in [7, 11) is 0. The molecule has 1 fully saturated rings.